The molecule has 0 radical (unpaired) electrons. The lowest BCUT2D eigenvalue weighted by atomic mass is 10.1. The monoisotopic (exact) mass is 522 g/mol. The SMILES string of the molecule is CC1(C)COc2c(Oc3ccc(N)cc3F)ccnc2N1.O=C(O)c1c[nH]cc(-c2ccc(F)cc2)c1=O. The first kappa shape index (κ1) is 26.1. The first-order chi connectivity index (χ1) is 18.0. The smallest absolute Gasteiger partial charge is 0.341 e. The molecule has 2 aromatic carbocycles. The molecule has 5 rings (SSSR count). The number of benzene rings is 2. The second kappa shape index (κ2) is 10.6. The van der Waals surface area contributed by atoms with Crippen molar-refractivity contribution in [1.29, 1.82) is 0 Å². The van der Waals surface area contributed by atoms with Gasteiger partial charge in [0.1, 0.15) is 18.0 Å². The summed E-state index contributed by atoms with van der Waals surface area (Å²) < 4.78 is 37.8. The number of aromatic amines is 1. The van der Waals surface area contributed by atoms with E-state index in [0.717, 1.165) is 6.20 Å². The number of carbonyl (C=O) groups is 1. The van der Waals surface area contributed by atoms with Crippen molar-refractivity contribution in [3.63, 3.8) is 0 Å². The summed E-state index contributed by atoms with van der Waals surface area (Å²) in [5.74, 6) is -0.676. The van der Waals surface area contributed by atoms with Crippen LogP contribution in [-0.2, 0) is 0 Å². The maximum absolute atomic E-state index is 13.8. The number of nitrogens with zero attached hydrogens (tertiary/aromatic N) is 1. The summed E-state index contributed by atoms with van der Waals surface area (Å²) in [6, 6.07) is 11.2. The molecule has 0 spiro atoms. The molecule has 0 bridgehead atoms. The van der Waals surface area contributed by atoms with Crippen LogP contribution in [0.1, 0.15) is 24.2 Å². The van der Waals surface area contributed by atoms with Gasteiger partial charge in [-0.1, -0.05) is 12.1 Å². The van der Waals surface area contributed by atoms with Gasteiger partial charge < -0.3 is 30.6 Å². The van der Waals surface area contributed by atoms with Crippen LogP contribution in [0.4, 0.5) is 20.3 Å². The highest BCUT2D eigenvalue weighted by molar-refractivity contribution is 5.88. The molecule has 0 fully saturated rings. The van der Waals surface area contributed by atoms with Gasteiger partial charge >= 0.3 is 5.97 Å². The van der Waals surface area contributed by atoms with E-state index in [9.17, 15) is 18.4 Å². The van der Waals surface area contributed by atoms with E-state index in [-0.39, 0.29) is 22.4 Å². The Morgan fingerprint density at radius 3 is 2.53 bits per heavy atom. The molecule has 0 amide bonds. The lowest BCUT2D eigenvalue weighted by molar-refractivity contribution is 0.0695. The van der Waals surface area contributed by atoms with Crippen molar-refractivity contribution in [2.45, 2.75) is 19.4 Å². The van der Waals surface area contributed by atoms with E-state index < -0.39 is 23.0 Å². The first-order valence-corrected chi connectivity index (χ1v) is 11.4. The third-order valence-corrected chi connectivity index (χ3v) is 5.41. The van der Waals surface area contributed by atoms with Gasteiger partial charge in [0.2, 0.25) is 11.2 Å². The third kappa shape index (κ3) is 5.89. The topological polar surface area (TPSA) is 140 Å². The molecule has 0 aliphatic carbocycles. The largest absolute Gasteiger partial charge is 0.484 e. The van der Waals surface area contributed by atoms with Crippen LogP contribution >= 0.6 is 0 Å². The molecule has 0 unspecified atom stereocenters. The predicted molar refractivity (Wildman–Crippen MR) is 138 cm³/mol. The van der Waals surface area contributed by atoms with Crippen LogP contribution in [0.25, 0.3) is 11.1 Å². The van der Waals surface area contributed by atoms with E-state index in [1.807, 2.05) is 13.8 Å². The zero-order valence-electron chi connectivity index (χ0n) is 20.4. The minimum atomic E-state index is -1.30. The molecule has 1 aliphatic heterocycles. The Morgan fingerprint density at radius 1 is 1.11 bits per heavy atom. The van der Waals surface area contributed by atoms with Gasteiger partial charge in [0.05, 0.1) is 5.54 Å². The minimum absolute atomic E-state index is 0.0889. The number of anilines is 2. The summed E-state index contributed by atoms with van der Waals surface area (Å²) >= 11 is 0. The predicted octanol–water partition coefficient (Wildman–Crippen LogP) is 5.06. The number of nitrogens with two attached hydrogens (primary N) is 1. The molecule has 0 atom stereocenters. The summed E-state index contributed by atoms with van der Waals surface area (Å²) in [5, 5.41) is 12.1. The molecule has 3 heterocycles. The molecule has 0 saturated heterocycles. The van der Waals surface area contributed by atoms with Crippen molar-refractivity contribution in [2.75, 3.05) is 17.7 Å². The Bertz CT molecular complexity index is 1540. The van der Waals surface area contributed by atoms with E-state index in [4.69, 9.17) is 20.3 Å². The summed E-state index contributed by atoms with van der Waals surface area (Å²) in [6.45, 7) is 4.47. The Kier molecular flexibility index (Phi) is 7.28. The highest BCUT2D eigenvalue weighted by Crippen LogP contribution is 2.41. The Labute approximate surface area is 215 Å². The first-order valence-electron chi connectivity index (χ1n) is 11.4. The average molecular weight is 523 g/mol. The summed E-state index contributed by atoms with van der Waals surface area (Å²) in [6.07, 6.45) is 4.10. The van der Waals surface area contributed by atoms with Gasteiger partial charge in [0, 0.05) is 42.0 Å². The molecule has 1 aliphatic rings. The third-order valence-electron chi connectivity index (χ3n) is 5.41. The van der Waals surface area contributed by atoms with E-state index in [0.29, 0.717) is 35.2 Å². The fourth-order valence-electron chi connectivity index (χ4n) is 3.55. The van der Waals surface area contributed by atoms with E-state index in [1.165, 1.54) is 42.6 Å². The van der Waals surface area contributed by atoms with Crippen LogP contribution in [0.15, 0.2) is 71.9 Å². The second-order valence-electron chi connectivity index (χ2n) is 9.00. The molecule has 38 heavy (non-hydrogen) atoms. The molecule has 4 aromatic rings. The van der Waals surface area contributed by atoms with Gasteiger partial charge in [0.25, 0.3) is 0 Å². The van der Waals surface area contributed by atoms with Crippen molar-refractivity contribution in [3.8, 4) is 28.4 Å². The molecule has 2 aromatic heterocycles. The van der Waals surface area contributed by atoms with Gasteiger partial charge in [-0.25, -0.2) is 18.6 Å². The van der Waals surface area contributed by atoms with Gasteiger partial charge in [-0.15, -0.1) is 0 Å². The number of hydrogen-bond acceptors (Lipinski definition) is 7. The highest BCUT2D eigenvalue weighted by atomic mass is 19.1. The Morgan fingerprint density at radius 2 is 1.84 bits per heavy atom. The van der Waals surface area contributed by atoms with Crippen molar-refractivity contribution in [2.24, 2.45) is 0 Å². The normalized spacial score (nSPS) is 13.2. The molecule has 9 nitrogen and oxygen atoms in total. The quantitative estimate of drug-likeness (QED) is 0.273. The van der Waals surface area contributed by atoms with Crippen LogP contribution in [0.5, 0.6) is 17.2 Å². The zero-order chi connectivity index (χ0) is 27.4. The van der Waals surface area contributed by atoms with Gasteiger partial charge in [-0.05, 0) is 43.7 Å². The number of carboxylic acids is 1. The van der Waals surface area contributed by atoms with E-state index in [1.54, 1.807) is 18.3 Å². The Hall–Kier alpha value is -4.93. The standard InChI is InChI=1S/C15H16FN3O2.C12H8FNO3/c1-15(2)8-20-13-12(5-6-18-14(13)19-15)21-11-4-3-9(17)7-10(11)16;13-8-3-1-7(2-4-8)9-5-14-6-10(11(9)15)12(16)17/h3-7H,8,17H2,1-2H3,(H,18,19);1-6H,(H,14,15)(H,16,17). The number of fused-ring (bicyclic) bond motifs is 1. The number of aromatic carboxylic acids is 1. The fraction of sp³-hybridized carbons (Fsp3) is 0.148. The second-order valence-corrected chi connectivity index (χ2v) is 9.00. The molecule has 0 saturated carbocycles. The summed E-state index contributed by atoms with van der Waals surface area (Å²) in [7, 11) is 0. The van der Waals surface area contributed by atoms with Crippen molar-refractivity contribution < 1.29 is 28.2 Å². The maximum Gasteiger partial charge on any atom is 0.341 e. The number of carboxylic acid groups (broad SMARTS) is 1. The summed E-state index contributed by atoms with van der Waals surface area (Å²) in [5.41, 5.74) is 5.38. The number of ether oxygens (including phenoxy) is 2. The number of pyridine rings is 2. The minimum Gasteiger partial charge on any atom is -0.484 e. The van der Waals surface area contributed by atoms with Gasteiger partial charge in [-0.3, -0.25) is 4.79 Å². The lowest BCUT2D eigenvalue weighted by Crippen LogP contribution is -2.41. The Balaban J connectivity index is 0.000000181. The van der Waals surface area contributed by atoms with Crippen LogP contribution in [-0.4, -0.2) is 33.2 Å². The number of nitrogens with one attached hydrogen (secondary N) is 2. The summed E-state index contributed by atoms with van der Waals surface area (Å²) in [4.78, 5) is 29.4. The van der Waals surface area contributed by atoms with Crippen molar-refractivity contribution in [3.05, 3.63) is 94.5 Å². The number of nitrogen functional groups attached to an aromatic ring is 1. The number of hydrogen-bond donors (Lipinski definition) is 4. The van der Waals surface area contributed by atoms with Crippen molar-refractivity contribution >= 4 is 17.5 Å². The molecule has 5 N–H and O–H groups in total. The van der Waals surface area contributed by atoms with Crippen LogP contribution in [0.2, 0.25) is 0 Å². The van der Waals surface area contributed by atoms with Crippen LogP contribution in [0, 0.1) is 11.6 Å². The van der Waals surface area contributed by atoms with Crippen LogP contribution < -0.4 is 26.0 Å². The zero-order valence-corrected chi connectivity index (χ0v) is 20.4. The number of H-pyrrole nitrogens is 1. The average Bonchev–Trinajstić information content (AvgIpc) is 2.86. The van der Waals surface area contributed by atoms with Crippen LogP contribution in [0.3, 0.4) is 0 Å². The molecule has 11 heteroatoms. The van der Waals surface area contributed by atoms with Gasteiger partial charge in [-0.2, -0.15) is 0 Å². The number of rotatable bonds is 4. The van der Waals surface area contributed by atoms with E-state index >= 15 is 0 Å². The fourth-order valence-corrected chi connectivity index (χ4v) is 3.55. The van der Waals surface area contributed by atoms with Crippen molar-refractivity contribution in [1.82, 2.24) is 9.97 Å². The lowest BCUT2D eigenvalue weighted by Gasteiger charge is -2.33. The molecule has 196 valence electrons. The highest BCUT2D eigenvalue weighted by Gasteiger charge is 2.29. The van der Waals surface area contributed by atoms with Gasteiger partial charge in [0.15, 0.2) is 23.1 Å². The maximum atomic E-state index is 13.8. The number of aromatic nitrogens is 2. The molecular formula is C27H24F2N4O5. The molecular weight excluding hydrogens is 498 g/mol. The number of halogens is 2. The van der Waals surface area contributed by atoms with E-state index in [2.05, 4.69) is 15.3 Å².